The van der Waals surface area contributed by atoms with E-state index in [1.165, 1.54) is 30.5 Å². The van der Waals surface area contributed by atoms with Crippen LogP contribution in [-0.4, -0.2) is 33.4 Å². The Morgan fingerprint density at radius 2 is 2.07 bits per heavy atom. The van der Waals surface area contributed by atoms with Gasteiger partial charge in [0.15, 0.2) is 11.5 Å². The van der Waals surface area contributed by atoms with Crippen LogP contribution in [0.3, 0.4) is 0 Å². The summed E-state index contributed by atoms with van der Waals surface area (Å²) in [5.74, 6) is -1.70. The molecule has 1 aromatic heterocycles. The molecule has 1 amide bonds. The SMILES string of the molecule is CCOc1cc(C=NNC(=O)Cn2c(C(F)(F)F)nc3ccccc32)ccc1O. The minimum absolute atomic E-state index is 0.0419. The first kappa shape index (κ1) is 20.2. The van der Waals surface area contributed by atoms with Gasteiger partial charge in [0.25, 0.3) is 5.91 Å². The molecule has 0 bridgehead atoms. The number of nitrogens with zero attached hydrogens (tertiary/aromatic N) is 3. The van der Waals surface area contributed by atoms with E-state index in [9.17, 15) is 23.1 Å². The van der Waals surface area contributed by atoms with Gasteiger partial charge in [-0.3, -0.25) is 4.79 Å². The average molecular weight is 406 g/mol. The van der Waals surface area contributed by atoms with Crippen molar-refractivity contribution < 1.29 is 27.8 Å². The predicted octanol–water partition coefficient (Wildman–Crippen LogP) is 3.31. The zero-order valence-electron chi connectivity index (χ0n) is 15.3. The fraction of sp³-hybridized carbons (Fsp3) is 0.211. The minimum Gasteiger partial charge on any atom is -0.504 e. The first-order valence-electron chi connectivity index (χ1n) is 8.59. The van der Waals surface area contributed by atoms with Gasteiger partial charge in [0.1, 0.15) is 6.54 Å². The zero-order valence-corrected chi connectivity index (χ0v) is 15.3. The van der Waals surface area contributed by atoms with Crippen molar-refractivity contribution in [3.8, 4) is 11.5 Å². The van der Waals surface area contributed by atoms with Crippen LogP contribution >= 0.6 is 0 Å². The van der Waals surface area contributed by atoms with Crippen molar-refractivity contribution in [2.45, 2.75) is 19.6 Å². The summed E-state index contributed by atoms with van der Waals surface area (Å²) in [7, 11) is 0. The molecule has 1 heterocycles. The second-order valence-electron chi connectivity index (χ2n) is 5.96. The Morgan fingerprint density at radius 3 is 2.79 bits per heavy atom. The maximum Gasteiger partial charge on any atom is 0.449 e. The number of benzene rings is 2. The number of aromatic nitrogens is 2. The number of imidazole rings is 1. The number of halogens is 3. The third-order valence-corrected chi connectivity index (χ3v) is 3.90. The van der Waals surface area contributed by atoms with E-state index >= 15 is 0 Å². The molecule has 0 spiro atoms. The number of fused-ring (bicyclic) bond motifs is 1. The summed E-state index contributed by atoms with van der Waals surface area (Å²) in [4.78, 5) is 15.7. The molecule has 0 aliphatic heterocycles. The Kier molecular flexibility index (Phi) is 5.71. The maximum absolute atomic E-state index is 13.3. The molecule has 3 rings (SSSR count). The summed E-state index contributed by atoms with van der Waals surface area (Å²) in [6.07, 6.45) is -3.42. The Labute approximate surface area is 163 Å². The van der Waals surface area contributed by atoms with Gasteiger partial charge in [-0.1, -0.05) is 12.1 Å². The van der Waals surface area contributed by atoms with Crippen molar-refractivity contribution in [2.24, 2.45) is 5.10 Å². The number of nitrogens with one attached hydrogen (secondary N) is 1. The average Bonchev–Trinajstić information content (AvgIpc) is 3.03. The molecule has 152 valence electrons. The van der Waals surface area contributed by atoms with E-state index in [-0.39, 0.29) is 22.5 Å². The van der Waals surface area contributed by atoms with E-state index in [2.05, 4.69) is 15.5 Å². The van der Waals surface area contributed by atoms with Crippen molar-refractivity contribution >= 4 is 23.2 Å². The van der Waals surface area contributed by atoms with Crippen LogP contribution in [0.4, 0.5) is 13.2 Å². The summed E-state index contributed by atoms with van der Waals surface area (Å²) in [5, 5.41) is 13.4. The molecule has 0 saturated carbocycles. The lowest BCUT2D eigenvalue weighted by atomic mass is 10.2. The van der Waals surface area contributed by atoms with Crippen molar-refractivity contribution in [2.75, 3.05) is 6.61 Å². The summed E-state index contributed by atoms with van der Waals surface area (Å²) >= 11 is 0. The highest BCUT2D eigenvalue weighted by Crippen LogP contribution is 2.31. The van der Waals surface area contributed by atoms with Crippen molar-refractivity contribution in [3.63, 3.8) is 0 Å². The van der Waals surface area contributed by atoms with Crippen LogP contribution in [0.2, 0.25) is 0 Å². The third kappa shape index (κ3) is 4.65. The molecule has 2 N–H and O–H groups in total. The molecule has 2 aromatic carbocycles. The second-order valence-corrected chi connectivity index (χ2v) is 5.96. The number of rotatable bonds is 6. The molecular weight excluding hydrogens is 389 g/mol. The largest absolute Gasteiger partial charge is 0.504 e. The first-order valence-corrected chi connectivity index (χ1v) is 8.59. The van der Waals surface area contributed by atoms with E-state index in [4.69, 9.17) is 4.74 Å². The number of carbonyl (C=O) groups excluding carboxylic acids is 1. The third-order valence-electron chi connectivity index (χ3n) is 3.90. The van der Waals surface area contributed by atoms with Gasteiger partial charge in [0.2, 0.25) is 5.82 Å². The lowest BCUT2D eigenvalue weighted by molar-refractivity contribution is -0.147. The molecule has 0 atom stereocenters. The van der Waals surface area contributed by atoms with Gasteiger partial charge in [0, 0.05) is 0 Å². The quantitative estimate of drug-likeness (QED) is 0.486. The van der Waals surface area contributed by atoms with Crippen molar-refractivity contribution in [1.82, 2.24) is 15.0 Å². The smallest absolute Gasteiger partial charge is 0.449 e. The Balaban J connectivity index is 1.75. The number of phenols is 1. The lowest BCUT2D eigenvalue weighted by Crippen LogP contribution is -2.26. The van der Waals surface area contributed by atoms with E-state index in [0.717, 1.165) is 4.57 Å². The number of aromatic hydroxyl groups is 1. The number of phenolic OH excluding ortho intramolecular Hbond substituents is 1. The molecule has 29 heavy (non-hydrogen) atoms. The highest BCUT2D eigenvalue weighted by atomic mass is 19.4. The second kappa shape index (κ2) is 8.21. The monoisotopic (exact) mass is 406 g/mol. The Morgan fingerprint density at radius 1 is 1.31 bits per heavy atom. The number of alkyl halides is 3. The van der Waals surface area contributed by atoms with Gasteiger partial charge < -0.3 is 14.4 Å². The number of ether oxygens (including phenoxy) is 1. The number of para-hydroxylation sites is 2. The van der Waals surface area contributed by atoms with E-state index < -0.39 is 24.5 Å². The van der Waals surface area contributed by atoms with Crippen LogP contribution < -0.4 is 10.2 Å². The molecule has 7 nitrogen and oxygen atoms in total. The fourth-order valence-electron chi connectivity index (χ4n) is 2.69. The van der Waals surface area contributed by atoms with Gasteiger partial charge in [0.05, 0.1) is 23.9 Å². The van der Waals surface area contributed by atoms with E-state index in [1.54, 1.807) is 25.1 Å². The minimum atomic E-state index is -4.70. The molecule has 0 saturated heterocycles. The Bertz CT molecular complexity index is 1060. The standard InChI is InChI=1S/C19H17F3N4O3/c1-2-29-16-9-12(7-8-15(16)27)10-23-25-17(28)11-26-14-6-4-3-5-13(14)24-18(26)19(20,21)22/h3-10,27H,2,11H2,1H3,(H,25,28). The van der Waals surface area contributed by atoms with Crippen molar-refractivity contribution in [1.29, 1.82) is 0 Å². The number of hydrogen-bond acceptors (Lipinski definition) is 5. The molecule has 10 heteroatoms. The normalized spacial score (nSPS) is 11.9. The zero-order chi connectivity index (χ0) is 21.0. The highest BCUT2D eigenvalue weighted by molar-refractivity contribution is 5.84. The van der Waals surface area contributed by atoms with Gasteiger partial charge in [-0.05, 0) is 42.8 Å². The molecule has 0 radical (unpaired) electrons. The van der Waals surface area contributed by atoms with Crippen LogP contribution in [-0.2, 0) is 17.5 Å². The van der Waals surface area contributed by atoms with Crippen LogP contribution in [0.1, 0.15) is 18.3 Å². The molecule has 0 fully saturated rings. The summed E-state index contributed by atoms with van der Waals surface area (Å²) in [5.41, 5.74) is 3.05. The number of hydrazone groups is 1. The molecule has 0 aliphatic rings. The first-order chi connectivity index (χ1) is 13.8. The van der Waals surface area contributed by atoms with Crippen LogP contribution in [0.5, 0.6) is 11.5 Å². The summed E-state index contributed by atoms with van der Waals surface area (Å²) in [6.45, 7) is 1.51. The topological polar surface area (TPSA) is 88.7 Å². The van der Waals surface area contributed by atoms with Crippen molar-refractivity contribution in [3.05, 3.63) is 53.9 Å². The van der Waals surface area contributed by atoms with Crippen LogP contribution in [0, 0.1) is 0 Å². The Hall–Kier alpha value is -3.56. The predicted molar refractivity (Wildman–Crippen MR) is 99.7 cm³/mol. The van der Waals surface area contributed by atoms with Gasteiger partial charge in [-0.25, -0.2) is 10.4 Å². The van der Waals surface area contributed by atoms with E-state index in [1.807, 2.05) is 0 Å². The fourth-order valence-corrected chi connectivity index (χ4v) is 2.69. The van der Waals surface area contributed by atoms with Gasteiger partial charge in [-0.15, -0.1) is 0 Å². The maximum atomic E-state index is 13.3. The van der Waals surface area contributed by atoms with Crippen LogP contribution in [0.15, 0.2) is 47.6 Å². The number of carbonyl (C=O) groups is 1. The van der Waals surface area contributed by atoms with E-state index in [0.29, 0.717) is 12.2 Å². The lowest BCUT2D eigenvalue weighted by Gasteiger charge is -2.10. The molecular formula is C19H17F3N4O3. The summed E-state index contributed by atoms with van der Waals surface area (Å²) < 4.78 is 45.8. The highest BCUT2D eigenvalue weighted by Gasteiger charge is 2.37. The van der Waals surface area contributed by atoms with Gasteiger partial charge in [-0.2, -0.15) is 18.3 Å². The molecule has 3 aromatic rings. The van der Waals surface area contributed by atoms with Gasteiger partial charge >= 0.3 is 6.18 Å². The molecule has 0 aliphatic carbocycles. The van der Waals surface area contributed by atoms with Crippen LogP contribution in [0.25, 0.3) is 11.0 Å². The summed E-state index contributed by atoms with van der Waals surface area (Å²) in [6, 6.07) is 10.5. The number of amides is 1. The number of hydrogen-bond donors (Lipinski definition) is 2. The molecule has 0 unspecified atom stereocenters.